The third-order valence-corrected chi connectivity index (χ3v) is 11.7. The zero-order valence-electron chi connectivity index (χ0n) is 32.9. The molecule has 10 aromatic carbocycles. The average molecular weight is 766 g/mol. The molecule has 0 aliphatic rings. The Morgan fingerprint density at radius 1 is 0.283 bits per heavy atom. The second-order valence-electron chi connectivity index (χ2n) is 15.2. The molecular weight excluding hydrogens is 727 g/mol. The molecule has 0 saturated heterocycles. The van der Waals surface area contributed by atoms with Crippen LogP contribution in [-0.2, 0) is 0 Å². The van der Waals surface area contributed by atoms with Crippen molar-refractivity contribution in [1.29, 1.82) is 0 Å². The van der Waals surface area contributed by atoms with Gasteiger partial charge >= 0.3 is 0 Å². The van der Waals surface area contributed by atoms with E-state index in [4.69, 9.17) is 4.42 Å². The Hall–Kier alpha value is -7.94. The number of hydrogen-bond acceptors (Lipinski definition) is 2. The second-order valence-corrected chi connectivity index (χ2v) is 15.2. The zero-order chi connectivity index (χ0) is 39.8. The number of para-hydroxylation sites is 2. The van der Waals surface area contributed by atoms with E-state index in [1.54, 1.807) is 0 Å². The zero-order valence-corrected chi connectivity index (χ0v) is 32.9. The molecule has 0 aliphatic heterocycles. The maximum absolute atomic E-state index is 6.64. The molecule has 1 heterocycles. The summed E-state index contributed by atoms with van der Waals surface area (Å²) in [5.41, 5.74) is 16.7. The van der Waals surface area contributed by atoms with Gasteiger partial charge in [-0.05, 0) is 109 Å². The van der Waals surface area contributed by atoms with E-state index in [2.05, 4.69) is 229 Å². The molecule has 0 atom stereocenters. The molecule has 11 aromatic rings. The summed E-state index contributed by atoms with van der Waals surface area (Å²) in [5.74, 6) is 0. The van der Waals surface area contributed by atoms with Crippen molar-refractivity contribution in [3.8, 4) is 55.6 Å². The van der Waals surface area contributed by atoms with Crippen LogP contribution in [0.25, 0.3) is 88.3 Å². The summed E-state index contributed by atoms with van der Waals surface area (Å²) >= 11 is 0. The predicted molar refractivity (Wildman–Crippen MR) is 253 cm³/mol. The van der Waals surface area contributed by atoms with E-state index in [-0.39, 0.29) is 0 Å². The van der Waals surface area contributed by atoms with Crippen LogP contribution in [-0.4, -0.2) is 0 Å². The normalized spacial score (nSPS) is 11.3. The van der Waals surface area contributed by atoms with Gasteiger partial charge in [0.25, 0.3) is 0 Å². The number of benzene rings is 10. The van der Waals surface area contributed by atoms with E-state index in [0.717, 1.165) is 44.6 Å². The minimum Gasteiger partial charge on any atom is -0.454 e. The first-order valence-corrected chi connectivity index (χ1v) is 20.5. The largest absolute Gasteiger partial charge is 0.454 e. The van der Waals surface area contributed by atoms with Gasteiger partial charge in [-0.15, -0.1) is 0 Å². The highest BCUT2D eigenvalue weighted by Crippen LogP contribution is 2.45. The second kappa shape index (κ2) is 15.1. The van der Waals surface area contributed by atoms with Crippen LogP contribution in [0.3, 0.4) is 0 Å². The van der Waals surface area contributed by atoms with Crippen molar-refractivity contribution in [2.24, 2.45) is 0 Å². The molecule has 0 bridgehead atoms. The molecule has 0 unspecified atom stereocenters. The number of anilines is 3. The van der Waals surface area contributed by atoms with Gasteiger partial charge in [-0.1, -0.05) is 194 Å². The van der Waals surface area contributed by atoms with E-state index in [1.807, 2.05) is 12.1 Å². The molecule has 0 radical (unpaired) electrons. The standard InChI is InChI=1S/C58H39NO/c1-2-16-42(17-3-1)48-19-6-8-21-50(48)52-23-10-11-24-53(52)51-22-9-7-20-49(51)43-33-37-47(38-34-43)59(56-27-14-26-55-54-25-12-13-28-57(54)60-58(55)56)46-35-31-41(32-36-46)45-30-29-40-15-4-5-18-44(40)39-45/h1-39H. The van der Waals surface area contributed by atoms with Crippen molar-refractivity contribution in [2.45, 2.75) is 0 Å². The van der Waals surface area contributed by atoms with Gasteiger partial charge in [0.15, 0.2) is 5.58 Å². The Labute approximate surface area is 349 Å². The first kappa shape index (κ1) is 35.2. The predicted octanol–water partition coefficient (Wildman–Crippen LogP) is 16.5. The average Bonchev–Trinajstić information content (AvgIpc) is 3.72. The van der Waals surface area contributed by atoms with Gasteiger partial charge in [-0.3, -0.25) is 0 Å². The van der Waals surface area contributed by atoms with Crippen LogP contribution in [0.5, 0.6) is 0 Å². The fourth-order valence-corrected chi connectivity index (χ4v) is 8.81. The number of fused-ring (bicyclic) bond motifs is 4. The van der Waals surface area contributed by atoms with E-state index in [0.29, 0.717) is 0 Å². The topological polar surface area (TPSA) is 16.4 Å². The lowest BCUT2D eigenvalue weighted by atomic mass is 9.87. The summed E-state index contributed by atoms with van der Waals surface area (Å²) in [6.07, 6.45) is 0. The van der Waals surface area contributed by atoms with Gasteiger partial charge in [-0.2, -0.15) is 0 Å². The Balaban J connectivity index is 1.01. The van der Waals surface area contributed by atoms with Gasteiger partial charge in [0.2, 0.25) is 0 Å². The highest BCUT2D eigenvalue weighted by molar-refractivity contribution is 6.10. The molecule has 11 rings (SSSR count). The molecule has 0 aliphatic carbocycles. The van der Waals surface area contributed by atoms with E-state index in [9.17, 15) is 0 Å². The molecule has 2 heteroatoms. The maximum atomic E-state index is 6.64. The minimum atomic E-state index is 0.860. The smallest absolute Gasteiger partial charge is 0.159 e. The summed E-state index contributed by atoms with van der Waals surface area (Å²) in [6.45, 7) is 0. The Morgan fingerprint density at radius 2 is 0.750 bits per heavy atom. The van der Waals surface area contributed by atoms with Crippen LogP contribution < -0.4 is 4.90 Å². The molecule has 1 aromatic heterocycles. The van der Waals surface area contributed by atoms with Gasteiger partial charge in [-0.25, -0.2) is 0 Å². The molecular formula is C58H39NO. The fraction of sp³-hybridized carbons (Fsp3) is 0. The lowest BCUT2D eigenvalue weighted by molar-refractivity contribution is 0.669. The van der Waals surface area contributed by atoms with Crippen LogP contribution in [0.4, 0.5) is 17.1 Å². The minimum absolute atomic E-state index is 0.860. The Morgan fingerprint density at radius 3 is 1.40 bits per heavy atom. The highest BCUT2D eigenvalue weighted by atomic mass is 16.3. The first-order chi connectivity index (χ1) is 29.8. The molecule has 0 fully saturated rings. The molecule has 0 spiro atoms. The molecule has 0 N–H and O–H groups in total. The molecule has 60 heavy (non-hydrogen) atoms. The van der Waals surface area contributed by atoms with E-state index >= 15 is 0 Å². The molecule has 0 saturated carbocycles. The van der Waals surface area contributed by atoms with Crippen molar-refractivity contribution in [2.75, 3.05) is 4.90 Å². The van der Waals surface area contributed by atoms with Crippen LogP contribution >= 0.6 is 0 Å². The third kappa shape index (κ3) is 6.32. The van der Waals surface area contributed by atoms with E-state index < -0.39 is 0 Å². The van der Waals surface area contributed by atoms with Crippen LogP contribution in [0.2, 0.25) is 0 Å². The van der Waals surface area contributed by atoms with Crippen molar-refractivity contribution < 1.29 is 4.42 Å². The Bertz CT molecular complexity index is 3310. The summed E-state index contributed by atoms with van der Waals surface area (Å²) in [6, 6.07) is 84.8. The van der Waals surface area contributed by atoms with Crippen molar-refractivity contribution in [3.05, 3.63) is 237 Å². The van der Waals surface area contributed by atoms with Crippen LogP contribution in [0, 0.1) is 0 Å². The lowest BCUT2D eigenvalue weighted by Crippen LogP contribution is -2.10. The molecule has 0 amide bonds. The Kier molecular flexibility index (Phi) is 8.87. The monoisotopic (exact) mass is 765 g/mol. The van der Waals surface area contributed by atoms with Gasteiger partial charge in [0.1, 0.15) is 5.58 Å². The summed E-state index contributed by atoms with van der Waals surface area (Å²) < 4.78 is 6.64. The first-order valence-electron chi connectivity index (χ1n) is 20.5. The van der Waals surface area contributed by atoms with Gasteiger partial charge in [0, 0.05) is 22.1 Å². The fourth-order valence-electron chi connectivity index (χ4n) is 8.81. The lowest BCUT2D eigenvalue weighted by Gasteiger charge is -2.26. The summed E-state index contributed by atoms with van der Waals surface area (Å²) in [4.78, 5) is 2.32. The van der Waals surface area contributed by atoms with Crippen molar-refractivity contribution >= 4 is 49.8 Å². The number of hydrogen-bond donors (Lipinski definition) is 0. The van der Waals surface area contributed by atoms with Gasteiger partial charge in [0.05, 0.1) is 5.69 Å². The number of nitrogens with zero attached hydrogens (tertiary/aromatic N) is 1. The van der Waals surface area contributed by atoms with Crippen molar-refractivity contribution in [3.63, 3.8) is 0 Å². The highest BCUT2D eigenvalue weighted by Gasteiger charge is 2.21. The SMILES string of the molecule is c1ccc(-c2ccccc2-c2ccccc2-c2ccccc2-c2ccc(N(c3ccc(-c4ccc5ccccc5c4)cc3)c3cccc4c3oc3ccccc34)cc2)cc1. The quantitative estimate of drug-likeness (QED) is 0.153. The molecule has 2 nitrogen and oxygen atoms in total. The molecule has 282 valence electrons. The number of rotatable bonds is 8. The van der Waals surface area contributed by atoms with Crippen LogP contribution in [0.15, 0.2) is 241 Å². The number of furan rings is 1. The van der Waals surface area contributed by atoms with E-state index in [1.165, 1.54) is 60.8 Å². The van der Waals surface area contributed by atoms with Crippen LogP contribution in [0.1, 0.15) is 0 Å². The van der Waals surface area contributed by atoms with Gasteiger partial charge < -0.3 is 9.32 Å². The summed E-state index contributed by atoms with van der Waals surface area (Å²) in [7, 11) is 0. The summed E-state index contributed by atoms with van der Waals surface area (Å²) in [5, 5.41) is 4.68. The van der Waals surface area contributed by atoms with Crippen molar-refractivity contribution in [1.82, 2.24) is 0 Å². The third-order valence-electron chi connectivity index (χ3n) is 11.7. The maximum Gasteiger partial charge on any atom is 0.159 e.